The lowest BCUT2D eigenvalue weighted by molar-refractivity contribution is -0.0445. The van der Waals surface area contributed by atoms with Crippen LogP contribution in [-0.2, 0) is 4.74 Å². The highest BCUT2D eigenvalue weighted by molar-refractivity contribution is 5.46. The van der Waals surface area contributed by atoms with Gasteiger partial charge in [0.2, 0.25) is 0 Å². The summed E-state index contributed by atoms with van der Waals surface area (Å²) < 4.78 is 11.3. The van der Waals surface area contributed by atoms with Crippen molar-refractivity contribution >= 4 is 0 Å². The van der Waals surface area contributed by atoms with Crippen LogP contribution in [0.5, 0.6) is 5.75 Å². The van der Waals surface area contributed by atoms with Crippen molar-refractivity contribution in [3.05, 3.63) is 29.3 Å². The number of para-hydroxylation sites is 1. The SMILES string of the molecule is CC(C)c1cccc2c1OCC(O)C2N1CCOCC1. The Labute approximate surface area is 120 Å². The van der Waals surface area contributed by atoms with Crippen molar-refractivity contribution in [1.82, 2.24) is 4.90 Å². The standard InChI is InChI=1S/C16H23NO3/c1-11(2)12-4-3-5-13-15(14(18)10-20-16(12)13)17-6-8-19-9-7-17/h3-5,11,14-15,18H,6-10H2,1-2H3. The molecule has 0 amide bonds. The summed E-state index contributed by atoms with van der Waals surface area (Å²) in [6.45, 7) is 7.94. The van der Waals surface area contributed by atoms with E-state index in [-0.39, 0.29) is 6.04 Å². The molecule has 4 heteroatoms. The van der Waals surface area contributed by atoms with Crippen molar-refractivity contribution in [2.75, 3.05) is 32.9 Å². The van der Waals surface area contributed by atoms with Crippen molar-refractivity contribution in [3.8, 4) is 5.75 Å². The molecule has 0 saturated carbocycles. The molecular formula is C16H23NO3. The fourth-order valence-electron chi connectivity index (χ4n) is 3.19. The van der Waals surface area contributed by atoms with Crippen molar-refractivity contribution in [3.63, 3.8) is 0 Å². The van der Waals surface area contributed by atoms with Crippen LogP contribution in [0.3, 0.4) is 0 Å². The van der Waals surface area contributed by atoms with Gasteiger partial charge in [-0.05, 0) is 11.5 Å². The second-order valence-corrected chi connectivity index (χ2v) is 5.89. The molecule has 1 N–H and O–H groups in total. The topological polar surface area (TPSA) is 41.9 Å². The molecule has 2 unspecified atom stereocenters. The van der Waals surface area contributed by atoms with Gasteiger partial charge < -0.3 is 14.6 Å². The normalized spacial score (nSPS) is 27.2. The summed E-state index contributed by atoms with van der Waals surface area (Å²) in [7, 11) is 0. The fourth-order valence-corrected chi connectivity index (χ4v) is 3.19. The van der Waals surface area contributed by atoms with E-state index in [1.165, 1.54) is 5.56 Å². The van der Waals surface area contributed by atoms with Crippen molar-refractivity contribution in [1.29, 1.82) is 0 Å². The number of aliphatic hydroxyl groups excluding tert-OH is 1. The van der Waals surface area contributed by atoms with Gasteiger partial charge in [-0.15, -0.1) is 0 Å². The summed E-state index contributed by atoms with van der Waals surface area (Å²) in [6, 6.07) is 6.31. The van der Waals surface area contributed by atoms with Gasteiger partial charge in [0.1, 0.15) is 18.5 Å². The van der Waals surface area contributed by atoms with Crippen molar-refractivity contribution in [2.45, 2.75) is 31.9 Å². The first kappa shape index (κ1) is 13.9. The smallest absolute Gasteiger partial charge is 0.127 e. The number of ether oxygens (including phenoxy) is 2. The molecule has 2 atom stereocenters. The molecule has 0 aromatic heterocycles. The zero-order valence-corrected chi connectivity index (χ0v) is 12.2. The fraction of sp³-hybridized carbons (Fsp3) is 0.625. The second kappa shape index (κ2) is 5.72. The van der Waals surface area contributed by atoms with E-state index in [0.717, 1.165) is 37.6 Å². The second-order valence-electron chi connectivity index (χ2n) is 5.89. The van der Waals surface area contributed by atoms with Crippen LogP contribution in [0.15, 0.2) is 18.2 Å². The van der Waals surface area contributed by atoms with Gasteiger partial charge in [0.05, 0.1) is 19.3 Å². The van der Waals surface area contributed by atoms with Gasteiger partial charge in [-0.1, -0.05) is 32.0 Å². The summed E-state index contributed by atoms with van der Waals surface area (Å²) in [5, 5.41) is 10.4. The average Bonchev–Trinajstić information content (AvgIpc) is 2.47. The molecule has 3 rings (SSSR count). The van der Waals surface area contributed by atoms with Crippen LogP contribution in [-0.4, -0.2) is 49.0 Å². The monoisotopic (exact) mass is 277 g/mol. The van der Waals surface area contributed by atoms with E-state index in [1.54, 1.807) is 0 Å². The summed E-state index contributed by atoms with van der Waals surface area (Å²) in [5.74, 6) is 1.40. The minimum atomic E-state index is -0.469. The Morgan fingerprint density at radius 1 is 1.25 bits per heavy atom. The predicted octanol–water partition coefficient (Wildman–Crippen LogP) is 1.94. The molecular weight excluding hydrogens is 254 g/mol. The van der Waals surface area contributed by atoms with Crippen LogP contribution in [0.2, 0.25) is 0 Å². The molecule has 1 fully saturated rings. The Bertz CT molecular complexity index is 469. The third kappa shape index (κ3) is 2.43. The summed E-state index contributed by atoms with van der Waals surface area (Å²) >= 11 is 0. The minimum Gasteiger partial charge on any atom is -0.490 e. The van der Waals surface area contributed by atoms with E-state index in [9.17, 15) is 5.11 Å². The molecule has 4 nitrogen and oxygen atoms in total. The molecule has 0 bridgehead atoms. The molecule has 110 valence electrons. The van der Waals surface area contributed by atoms with Crippen molar-refractivity contribution in [2.24, 2.45) is 0 Å². The van der Waals surface area contributed by atoms with Crippen LogP contribution in [0, 0.1) is 0 Å². The van der Waals surface area contributed by atoms with Gasteiger partial charge in [0.25, 0.3) is 0 Å². The Morgan fingerprint density at radius 3 is 2.70 bits per heavy atom. The zero-order chi connectivity index (χ0) is 14.1. The van der Waals surface area contributed by atoms with E-state index in [4.69, 9.17) is 9.47 Å². The van der Waals surface area contributed by atoms with Crippen molar-refractivity contribution < 1.29 is 14.6 Å². The molecule has 0 spiro atoms. The molecule has 20 heavy (non-hydrogen) atoms. The maximum Gasteiger partial charge on any atom is 0.127 e. The Morgan fingerprint density at radius 2 is 2.00 bits per heavy atom. The van der Waals surface area contributed by atoms with E-state index < -0.39 is 6.10 Å². The zero-order valence-electron chi connectivity index (χ0n) is 12.2. The largest absolute Gasteiger partial charge is 0.490 e. The summed E-state index contributed by atoms with van der Waals surface area (Å²) in [6.07, 6.45) is -0.469. The minimum absolute atomic E-state index is 0.0290. The number of hydrogen-bond donors (Lipinski definition) is 1. The quantitative estimate of drug-likeness (QED) is 0.897. The van der Waals surface area contributed by atoms with Gasteiger partial charge in [-0.3, -0.25) is 4.90 Å². The van der Waals surface area contributed by atoms with Gasteiger partial charge in [-0.25, -0.2) is 0 Å². The highest BCUT2D eigenvalue weighted by Crippen LogP contribution is 2.40. The maximum absolute atomic E-state index is 10.4. The highest BCUT2D eigenvalue weighted by atomic mass is 16.5. The number of nitrogens with zero attached hydrogens (tertiary/aromatic N) is 1. The van der Waals surface area contributed by atoms with Crippen LogP contribution in [0.4, 0.5) is 0 Å². The van der Waals surface area contributed by atoms with Crippen LogP contribution < -0.4 is 4.74 Å². The first-order chi connectivity index (χ1) is 9.68. The van der Waals surface area contributed by atoms with Crippen LogP contribution >= 0.6 is 0 Å². The Balaban J connectivity index is 1.98. The molecule has 1 saturated heterocycles. The lowest BCUT2D eigenvalue weighted by Crippen LogP contribution is -2.47. The molecule has 2 aliphatic rings. The molecule has 0 aliphatic carbocycles. The molecule has 1 aromatic rings. The summed E-state index contributed by atoms with van der Waals surface area (Å²) in [4.78, 5) is 2.32. The van der Waals surface area contributed by atoms with Gasteiger partial charge in [0, 0.05) is 18.7 Å². The number of hydrogen-bond acceptors (Lipinski definition) is 4. The van der Waals surface area contributed by atoms with Crippen LogP contribution in [0.1, 0.15) is 36.9 Å². The maximum atomic E-state index is 10.4. The van der Waals surface area contributed by atoms with Gasteiger partial charge in [-0.2, -0.15) is 0 Å². The number of aliphatic hydroxyl groups is 1. The molecule has 0 radical (unpaired) electrons. The van der Waals surface area contributed by atoms with E-state index in [0.29, 0.717) is 12.5 Å². The Kier molecular flexibility index (Phi) is 3.96. The highest BCUT2D eigenvalue weighted by Gasteiger charge is 2.36. The van der Waals surface area contributed by atoms with E-state index >= 15 is 0 Å². The lowest BCUT2D eigenvalue weighted by atomic mass is 9.91. The van der Waals surface area contributed by atoms with Gasteiger partial charge in [0.15, 0.2) is 0 Å². The number of fused-ring (bicyclic) bond motifs is 1. The van der Waals surface area contributed by atoms with Crippen LogP contribution in [0.25, 0.3) is 0 Å². The lowest BCUT2D eigenvalue weighted by Gasteiger charge is -2.41. The third-order valence-corrected chi connectivity index (χ3v) is 4.22. The third-order valence-electron chi connectivity index (χ3n) is 4.22. The molecule has 2 aliphatic heterocycles. The predicted molar refractivity (Wildman–Crippen MR) is 77.2 cm³/mol. The first-order valence-electron chi connectivity index (χ1n) is 7.44. The molecule has 1 aromatic carbocycles. The Hall–Kier alpha value is -1.10. The van der Waals surface area contributed by atoms with E-state index in [1.807, 2.05) is 0 Å². The molecule has 2 heterocycles. The van der Waals surface area contributed by atoms with E-state index in [2.05, 4.69) is 36.9 Å². The number of benzene rings is 1. The number of morpholine rings is 1. The number of rotatable bonds is 2. The first-order valence-corrected chi connectivity index (χ1v) is 7.44. The summed E-state index contributed by atoms with van der Waals surface area (Å²) in [5.41, 5.74) is 2.35. The van der Waals surface area contributed by atoms with Gasteiger partial charge >= 0.3 is 0 Å². The average molecular weight is 277 g/mol.